The molecule has 0 radical (unpaired) electrons. The zero-order chi connectivity index (χ0) is 15.0. The average molecular weight is 286 g/mol. The van der Waals surface area contributed by atoms with Gasteiger partial charge in [0, 0.05) is 18.6 Å². The van der Waals surface area contributed by atoms with E-state index in [1.54, 1.807) is 0 Å². The van der Waals surface area contributed by atoms with Crippen LogP contribution >= 0.6 is 0 Å². The molecular formula is C15H26O5. The van der Waals surface area contributed by atoms with Crippen molar-refractivity contribution in [2.24, 2.45) is 11.8 Å². The predicted octanol–water partition coefficient (Wildman–Crippen LogP) is 2.16. The molecule has 1 rings (SSSR count). The lowest BCUT2D eigenvalue weighted by Gasteiger charge is -2.38. The van der Waals surface area contributed by atoms with Crippen molar-refractivity contribution < 1.29 is 23.7 Å². The van der Waals surface area contributed by atoms with Crippen LogP contribution in [0.25, 0.3) is 0 Å². The second-order valence-corrected chi connectivity index (χ2v) is 5.40. The van der Waals surface area contributed by atoms with Crippen molar-refractivity contribution in [1.29, 1.82) is 0 Å². The molecule has 116 valence electrons. The number of carbonyl (C=O) groups excluding carboxylic acids is 1. The van der Waals surface area contributed by atoms with E-state index in [1.165, 1.54) is 0 Å². The molecule has 0 aliphatic carbocycles. The predicted molar refractivity (Wildman–Crippen MR) is 75.2 cm³/mol. The van der Waals surface area contributed by atoms with Gasteiger partial charge in [-0.1, -0.05) is 19.9 Å². The molecule has 1 heterocycles. The molecule has 0 aromatic heterocycles. The lowest BCUT2D eigenvalue weighted by Crippen LogP contribution is -2.42. The summed E-state index contributed by atoms with van der Waals surface area (Å²) in [4.78, 5) is 10.8. The van der Waals surface area contributed by atoms with E-state index in [-0.39, 0.29) is 6.61 Å². The maximum atomic E-state index is 10.8. The SMILES string of the molecule is C=CC(=O)OCCOCC(CC)C1COC(C)(C)OC1. The van der Waals surface area contributed by atoms with E-state index in [2.05, 4.69) is 13.5 Å². The lowest BCUT2D eigenvalue weighted by atomic mass is 9.91. The monoisotopic (exact) mass is 286 g/mol. The summed E-state index contributed by atoms with van der Waals surface area (Å²) in [7, 11) is 0. The zero-order valence-corrected chi connectivity index (χ0v) is 12.7. The average Bonchev–Trinajstić information content (AvgIpc) is 2.43. The summed E-state index contributed by atoms with van der Waals surface area (Å²) in [6, 6.07) is 0. The van der Waals surface area contributed by atoms with Crippen molar-refractivity contribution in [3.8, 4) is 0 Å². The van der Waals surface area contributed by atoms with Gasteiger partial charge in [-0.15, -0.1) is 0 Å². The van der Waals surface area contributed by atoms with Gasteiger partial charge in [-0.2, -0.15) is 0 Å². The topological polar surface area (TPSA) is 54.0 Å². The van der Waals surface area contributed by atoms with Gasteiger partial charge in [-0.25, -0.2) is 4.79 Å². The highest BCUT2D eigenvalue weighted by Gasteiger charge is 2.32. The van der Waals surface area contributed by atoms with Gasteiger partial charge in [-0.3, -0.25) is 0 Å². The van der Waals surface area contributed by atoms with E-state index in [4.69, 9.17) is 18.9 Å². The smallest absolute Gasteiger partial charge is 0.330 e. The minimum absolute atomic E-state index is 0.256. The van der Waals surface area contributed by atoms with E-state index >= 15 is 0 Å². The molecule has 1 unspecified atom stereocenters. The Morgan fingerprint density at radius 1 is 1.40 bits per heavy atom. The van der Waals surface area contributed by atoms with Crippen LogP contribution < -0.4 is 0 Å². The molecule has 1 aliphatic rings. The maximum absolute atomic E-state index is 10.8. The summed E-state index contributed by atoms with van der Waals surface area (Å²) in [6.45, 7) is 12.0. The molecule has 0 aromatic rings. The van der Waals surface area contributed by atoms with Crippen molar-refractivity contribution >= 4 is 5.97 Å². The van der Waals surface area contributed by atoms with E-state index in [0.29, 0.717) is 38.3 Å². The molecule has 5 nitrogen and oxygen atoms in total. The number of esters is 1. The third-order valence-corrected chi connectivity index (χ3v) is 3.45. The third-order valence-electron chi connectivity index (χ3n) is 3.45. The quantitative estimate of drug-likeness (QED) is 0.389. The Kier molecular flexibility index (Phi) is 7.19. The van der Waals surface area contributed by atoms with E-state index < -0.39 is 11.8 Å². The van der Waals surface area contributed by atoms with E-state index in [9.17, 15) is 4.79 Å². The van der Waals surface area contributed by atoms with Gasteiger partial charge in [0.05, 0.1) is 19.8 Å². The lowest BCUT2D eigenvalue weighted by molar-refractivity contribution is -0.269. The normalized spacial score (nSPS) is 20.4. The third kappa shape index (κ3) is 6.03. The van der Waals surface area contributed by atoms with Crippen molar-refractivity contribution in [3.63, 3.8) is 0 Å². The molecule has 0 N–H and O–H groups in total. The number of ether oxygens (including phenoxy) is 4. The summed E-state index contributed by atoms with van der Waals surface area (Å²) in [5, 5.41) is 0. The van der Waals surface area contributed by atoms with Crippen molar-refractivity contribution in [2.45, 2.75) is 33.0 Å². The molecule has 1 aliphatic heterocycles. The molecule has 0 aromatic carbocycles. The minimum atomic E-state index is -0.478. The molecule has 5 heteroatoms. The number of hydrogen-bond donors (Lipinski definition) is 0. The van der Waals surface area contributed by atoms with Crippen molar-refractivity contribution in [1.82, 2.24) is 0 Å². The van der Waals surface area contributed by atoms with Crippen LogP contribution in [0.3, 0.4) is 0 Å². The Labute approximate surface area is 121 Å². The molecule has 1 saturated heterocycles. The molecule has 0 saturated carbocycles. The standard InChI is InChI=1S/C15H26O5/c1-5-12(9-17-7-8-18-14(16)6-2)13-10-19-15(3,4)20-11-13/h6,12-13H,2,5,7-11H2,1,3-4H3. The van der Waals surface area contributed by atoms with Crippen LogP contribution in [0.5, 0.6) is 0 Å². The van der Waals surface area contributed by atoms with Gasteiger partial charge in [-0.05, 0) is 19.8 Å². The van der Waals surface area contributed by atoms with Crippen LogP contribution in [0, 0.1) is 11.8 Å². The molecule has 0 bridgehead atoms. The van der Waals surface area contributed by atoms with Gasteiger partial charge in [0.2, 0.25) is 0 Å². The Morgan fingerprint density at radius 2 is 2.05 bits per heavy atom. The summed E-state index contributed by atoms with van der Waals surface area (Å²) in [5.74, 6) is -0.156. The summed E-state index contributed by atoms with van der Waals surface area (Å²) in [5.41, 5.74) is 0. The van der Waals surface area contributed by atoms with Crippen LogP contribution in [0.1, 0.15) is 27.2 Å². The molecule has 1 fully saturated rings. The van der Waals surface area contributed by atoms with Crippen LogP contribution in [0.2, 0.25) is 0 Å². The first-order chi connectivity index (χ1) is 9.48. The first-order valence-electron chi connectivity index (χ1n) is 7.13. The van der Waals surface area contributed by atoms with Gasteiger partial charge < -0.3 is 18.9 Å². The second kappa shape index (κ2) is 8.39. The van der Waals surface area contributed by atoms with Gasteiger partial charge in [0.25, 0.3) is 0 Å². The molecule has 20 heavy (non-hydrogen) atoms. The highest BCUT2D eigenvalue weighted by atomic mass is 16.7. The Bertz CT molecular complexity index is 303. The first kappa shape index (κ1) is 17.1. The maximum Gasteiger partial charge on any atom is 0.330 e. The number of rotatable bonds is 8. The fraction of sp³-hybridized carbons (Fsp3) is 0.800. The van der Waals surface area contributed by atoms with Gasteiger partial charge in [0.15, 0.2) is 5.79 Å². The van der Waals surface area contributed by atoms with Crippen molar-refractivity contribution in [3.05, 3.63) is 12.7 Å². The molecular weight excluding hydrogens is 260 g/mol. The zero-order valence-electron chi connectivity index (χ0n) is 12.7. The highest BCUT2D eigenvalue weighted by Crippen LogP contribution is 2.27. The molecule has 0 spiro atoms. The largest absolute Gasteiger partial charge is 0.460 e. The summed E-state index contributed by atoms with van der Waals surface area (Å²) in [6.07, 6.45) is 2.15. The van der Waals surface area contributed by atoms with Crippen LogP contribution in [0.4, 0.5) is 0 Å². The Morgan fingerprint density at radius 3 is 2.60 bits per heavy atom. The van der Waals surface area contributed by atoms with Crippen molar-refractivity contribution in [2.75, 3.05) is 33.0 Å². The molecule has 1 atom stereocenters. The minimum Gasteiger partial charge on any atom is -0.460 e. The van der Waals surface area contributed by atoms with Crippen LogP contribution in [0.15, 0.2) is 12.7 Å². The highest BCUT2D eigenvalue weighted by molar-refractivity contribution is 5.81. The first-order valence-corrected chi connectivity index (χ1v) is 7.13. The second-order valence-electron chi connectivity index (χ2n) is 5.40. The molecule has 0 amide bonds. The van der Waals surface area contributed by atoms with Crippen LogP contribution in [-0.2, 0) is 23.7 Å². The summed E-state index contributed by atoms with van der Waals surface area (Å²) >= 11 is 0. The van der Waals surface area contributed by atoms with E-state index in [0.717, 1.165) is 12.5 Å². The fourth-order valence-corrected chi connectivity index (χ4v) is 2.06. The Hall–Kier alpha value is -0.910. The number of hydrogen-bond acceptors (Lipinski definition) is 5. The van der Waals surface area contributed by atoms with Gasteiger partial charge in [0.1, 0.15) is 6.61 Å². The van der Waals surface area contributed by atoms with E-state index in [1.807, 2.05) is 13.8 Å². The number of carbonyl (C=O) groups is 1. The van der Waals surface area contributed by atoms with Crippen LogP contribution in [-0.4, -0.2) is 44.8 Å². The fourth-order valence-electron chi connectivity index (χ4n) is 2.06. The summed E-state index contributed by atoms with van der Waals surface area (Å²) < 4.78 is 21.8. The van der Waals surface area contributed by atoms with Gasteiger partial charge >= 0.3 is 5.97 Å². The Balaban J connectivity index is 2.20.